The van der Waals surface area contributed by atoms with Crippen molar-refractivity contribution in [1.29, 1.82) is 0 Å². The Bertz CT molecular complexity index is 722. The Kier molecular flexibility index (Phi) is 2.83. The van der Waals surface area contributed by atoms with E-state index in [4.69, 9.17) is 5.73 Å². The first-order valence-electron chi connectivity index (χ1n) is 5.38. The lowest BCUT2D eigenvalue weighted by atomic mass is 10.1. The highest BCUT2D eigenvalue weighted by atomic mass is 127. The lowest BCUT2D eigenvalue weighted by Crippen LogP contribution is -1.98. The van der Waals surface area contributed by atoms with Crippen molar-refractivity contribution in [2.75, 3.05) is 5.73 Å². The van der Waals surface area contributed by atoms with Crippen molar-refractivity contribution in [3.05, 3.63) is 46.3 Å². The number of halogens is 1. The molecular weight excluding hydrogens is 339 g/mol. The molecule has 2 heterocycles. The molecule has 18 heavy (non-hydrogen) atoms. The van der Waals surface area contributed by atoms with Crippen LogP contribution in [-0.4, -0.2) is 15.0 Å². The molecule has 0 aliphatic rings. The first-order chi connectivity index (χ1) is 8.75. The van der Waals surface area contributed by atoms with Gasteiger partial charge in [-0.3, -0.25) is 4.98 Å². The maximum atomic E-state index is 5.83. The summed E-state index contributed by atoms with van der Waals surface area (Å²) in [4.78, 5) is 13.0. The van der Waals surface area contributed by atoms with Crippen molar-refractivity contribution in [1.82, 2.24) is 15.0 Å². The molecule has 0 unspecified atom stereocenters. The molecule has 0 bridgehead atoms. The summed E-state index contributed by atoms with van der Waals surface area (Å²) in [6.07, 6.45) is 3.49. The van der Waals surface area contributed by atoms with Gasteiger partial charge in [-0.15, -0.1) is 0 Å². The van der Waals surface area contributed by atoms with Gasteiger partial charge in [0.1, 0.15) is 5.82 Å². The first kappa shape index (κ1) is 11.3. The number of nitrogens with zero attached hydrogens (tertiary/aromatic N) is 3. The lowest BCUT2D eigenvalue weighted by molar-refractivity contribution is 1.17. The van der Waals surface area contributed by atoms with Gasteiger partial charge in [-0.05, 0) is 34.7 Å². The Morgan fingerprint density at radius 1 is 1.06 bits per heavy atom. The summed E-state index contributed by atoms with van der Waals surface area (Å²) in [5, 5.41) is 1.03. The molecule has 5 heteroatoms. The minimum atomic E-state index is 0.501. The molecular formula is C13H9IN4. The molecule has 0 saturated heterocycles. The summed E-state index contributed by atoms with van der Waals surface area (Å²) in [5.74, 6) is 1.13. The van der Waals surface area contributed by atoms with Crippen LogP contribution in [0.3, 0.4) is 0 Å². The highest BCUT2D eigenvalue weighted by molar-refractivity contribution is 14.1. The number of anilines is 1. The topological polar surface area (TPSA) is 64.7 Å². The third-order valence-electron chi connectivity index (χ3n) is 2.66. The van der Waals surface area contributed by atoms with E-state index in [0.29, 0.717) is 11.6 Å². The van der Waals surface area contributed by atoms with Crippen LogP contribution in [0.1, 0.15) is 0 Å². The van der Waals surface area contributed by atoms with Gasteiger partial charge >= 0.3 is 0 Å². The Morgan fingerprint density at radius 3 is 2.72 bits per heavy atom. The highest BCUT2D eigenvalue weighted by Gasteiger charge is 2.08. The number of nitrogens with two attached hydrogens (primary N) is 1. The van der Waals surface area contributed by atoms with Crippen molar-refractivity contribution in [3.8, 4) is 11.4 Å². The predicted octanol–water partition coefficient (Wildman–Crippen LogP) is 2.88. The van der Waals surface area contributed by atoms with E-state index in [1.165, 1.54) is 0 Å². The number of hydrogen-bond donors (Lipinski definition) is 1. The molecule has 3 rings (SSSR count). The zero-order valence-corrected chi connectivity index (χ0v) is 11.5. The molecule has 0 fully saturated rings. The Hall–Kier alpha value is -1.76. The second-order valence-corrected chi connectivity index (χ2v) is 4.96. The third kappa shape index (κ3) is 1.90. The van der Waals surface area contributed by atoms with E-state index in [-0.39, 0.29) is 0 Å². The molecule has 4 nitrogen and oxygen atoms in total. The maximum absolute atomic E-state index is 5.83. The van der Waals surface area contributed by atoms with Gasteiger partial charge in [0.05, 0.1) is 9.09 Å². The molecule has 0 atom stereocenters. The number of rotatable bonds is 1. The Labute approximate surface area is 117 Å². The van der Waals surface area contributed by atoms with Gasteiger partial charge in [-0.25, -0.2) is 9.97 Å². The number of aromatic nitrogens is 3. The molecule has 88 valence electrons. The van der Waals surface area contributed by atoms with Gasteiger partial charge in [-0.1, -0.05) is 18.2 Å². The zero-order valence-electron chi connectivity index (χ0n) is 9.34. The number of benzene rings is 1. The van der Waals surface area contributed by atoms with E-state index in [1.807, 2.05) is 30.3 Å². The molecule has 0 aliphatic carbocycles. The second-order valence-electron chi connectivity index (χ2n) is 3.80. The van der Waals surface area contributed by atoms with Crippen molar-refractivity contribution >= 4 is 39.3 Å². The zero-order chi connectivity index (χ0) is 12.5. The molecule has 2 aromatic heterocycles. The van der Waals surface area contributed by atoms with Crippen molar-refractivity contribution in [3.63, 3.8) is 0 Å². The lowest BCUT2D eigenvalue weighted by Gasteiger charge is -2.05. The molecule has 1 aromatic carbocycles. The minimum absolute atomic E-state index is 0.501. The Balaban J connectivity index is 2.28. The maximum Gasteiger partial charge on any atom is 0.162 e. The molecule has 2 N–H and O–H groups in total. The molecule has 0 radical (unpaired) electrons. The van der Waals surface area contributed by atoms with Gasteiger partial charge in [0.25, 0.3) is 0 Å². The largest absolute Gasteiger partial charge is 0.383 e. The number of para-hydroxylation sites is 1. The van der Waals surface area contributed by atoms with Crippen molar-refractivity contribution in [2.45, 2.75) is 0 Å². The van der Waals surface area contributed by atoms with Crippen LogP contribution in [-0.2, 0) is 0 Å². The summed E-state index contributed by atoms with van der Waals surface area (Å²) in [5.41, 5.74) is 7.70. The van der Waals surface area contributed by atoms with Gasteiger partial charge in [0.15, 0.2) is 5.82 Å². The van der Waals surface area contributed by atoms with Crippen LogP contribution in [0.2, 0.25) is 0 Å². The highest BCUT2D eigenvalue weighted by Crippen LogP contribution is 2.25. The van der Waals surface area contributed by atoms with Gasteiger partial charge in [0.2, 0.25) is 0 Å². The Morgan fingerprint density at radius 2 is 1.89 bits per heavy atom. The van der Waals surface area contributed by atoms with Crippen molar-refractivity contribution < 1.29 is 0 Å². The van der Waals surface area contributed by atoms with E-state index in [9.17, 15) is 0 Å². The number of pyridine rings is 1. The SMILES string of the molecule is Nc1nc(-c2ccnc3ccccc23)ncc1I. The van der Waals surface area contributed by atoms with E-state index >= 15 is 0 Å². The summed E-state index contributed by atoms with van der Waals surface area (Å²) in [6, 6.07) is 9.82. The number of fused-ring (bicyclic) bond motifs is 1. The van der Waals surface area contributed by atoms with Crippen molar-refractivity contribution in [2.24, 2.45) is 0 Å². The normalized spacial score (nSPS) is 10.7. The number of nitrogen functional groups attached to an aromatic ring is 1. The summed E-state index contributed by atoms with van der Waals surface area (Å²) >= 11 is 2.12. The van der Waals surface area contributed by atoms with Gasteiger partial charge in [-0.2, -0.15) is 0 Å². The van der Waals surface area contributed by atoms with Crippen LogP contribution < -0.4 is 5.73 Å². The predicted molar refractivity (Wildman–Crippen MR) is 79.9 cm³/mol. The fraction of sp³-hybridized carbons (Fsp3) is 0. The van der Waals surface area contributed by atoms with E-state index in [2.05, 4.69) is 37.5 Å². The summed E-state index contributed by atoms with van der Waals surface area (Å²) in [7, 11) is 0. The summed E-state index contributed by atoms with van der Waals surface area (Å²) in [6.45, 7) is 0. The van der Waals surface area contributed by atoms with E-state index in [0.717, 1.165) is 20.0 Å². The monoisotopic (exact) mass is 348 g/mol. The van der Waals surface area contributed by atoms with Crippen LogP contribution in [0.25, 0.3) is 22.3 Å². The van der Waals surface area contributed by atoms with Crippen LogP contribution in [0.15, 0.2) is 42.7 Å². The van der Waals surface area contributed by atoms with Gasteiger partial charge in [0, 0.05) is 23.3 Å². The fourth-order valence-electron chi connectivity index (χ4n) is 1.80. The molecule has 3 aromatic rings. The standard InChI is InChI=1S/C13H9IN4/c14-10-7-17-13(18-12(10)15)9-5-6-16-11-4-2-1-3-8(9)11/h1-7H,(H2,15,17,18). The van der Waals surface area contributed by atoms with E-state index in [1.54, 1.807) is 12.4 Å². The van der Waals surface area contributed by atoms with Crippen LogP contribution in [0.5, 0.6) is 0 Å². The van der Waals surface area contributed by atoms with Crippen LogP contribution in [0, 0.1) is 3.57 Å². The molecule has 0 spiro atoms. The average Bonchev–Trinajstić information content (AvgIpc) is 2.41. The minimum Gasteiger partial charge on any atom is -0.383 e. The molecule has 0 amide bonds. The van der Waals surface area contributed by atoms with Gasteiger partial charge < -0.3 is 5.73 Å². The second kappa shape index (κ2) is 4.49. The smallest absolute Gasteiger partial charge is 0.162 e. The fourth-order valence-corrected chi connectivity index (χ4v) is 2.06. The van der Waals surface area contributed by atoms with E-state index < -0.39 is 0 Å². The molecule has 0 aliphatic heterocycles. The number of hydrogen-bond acceptors (Lipinski definition) is 4. The molecule has 0 saturated carbocycles. The quantitative estimate of drug-likeness (QED) is 0.687. The summed E-state index contributed by atoms with van der Waals surface area (Å²) < 4.78 is 0.856. The first-order valence-corrected chi connectivity index (χ1v) is 6.46. The van der Waals surface area contributed by atoms with Crippen LogP contribution >= 0.6 is 22.6 Å². The average molecular weight is 348 g/mol. The van der Waals surface area contributed by atoms with Crippen LogP contribution in [0.4, 0.5) is 5.82 Å². The third-order valence-corrected chi connectivity index (χ3v) is 3.49.